The number of furan rings is 1. The van der Waals surface area contributed by atoms with Crippen LogP contribution in [0, 0.1) is 0 Å². The van der Waals surface area contributed by atoms with Gasteiger partial charge in [-0.2, -0.15) is 0 Å². The topological polar surface area (TPSA) is 51.8 Å². The summed E-state index contributed by atoms with van der Waals surface area (Å²) in [7, 11) is 0. The third kappa shape index (κ3) is 6.86. The maximum absolute atomic E-state index is 6.97. The molecule has 3 aromatic heterocycles. The van der Waals surface area contributed by atoms with Crippen molar-refractivity contribution in [2.24, 2.45) is 0 Å². The molecule has 0 spiro atoms. The lowest BCUT2D eigenvalue weighted by molar-refractivity contribution is 0.632. The molecule has 11 rings (SSSR count). The predicted octanol–water partition coefficient (Wildman–Crippen LogP) is 15.1. The highest BCUT2D eigenvalue weighted by molar-refractivity contribution is 6.18. The highest BCUT2D eigenvalue weighted by atomic mass is 16.3. The van der Waals surface area contributed by atoms with Crippen LogP contribution in [-0.4, -0.2) is 15.0 Å². The number of para-hydroxylation sites is 1. The molecule has 61 heavy (non-hydrogen) atoms. The van der Waals surface area contributed by atoms with Gasteiger partial charge in [-0.25, -0.2) is 15.0 Å². The molecule has 0 atom stereocenters. The predicted molar refractivity (Wildman–Crippen MR) is 251 cm³/mol. The van der Waals surface area contributed by atoms with E-state index in [9.17, 15) is 0 Å². The minimum absolute atomic E-state index is 0.669. The number of rotatable bonds is 8. The third-order valence-corrected chi connectivity index (χ3v) is 11.3. The largest absolute Gasteiger partial charge is 0.453 e. The Bertz CT molecular complexity index is 3190. The highest BCUT2D eigenvalue weighted by Gasteiger charge is 2.24. The van der Waals surface area contributed by atoms with Gasteiger partial charge in [0.25, 0.3) is 0 Å². The number of benzene rings is 8. The average Bonchev–Trinajstić information content (AvgIpc) is 3.76. The zero-order valence-corrected chi connectivity index (χ0v) is 33.1. The summed E-state index contributed by atoms with van der Waals surface area (Å²) in [5.74, 6) is 1.48. The first-order valence-electron chi connectivity index (χ1n) is 20.5. The van der Waals surface area contributed by atoms with Crippen LogP contribution in [0.2, 0.25) is 0 Å². The van der Waals surface area contributed by atoms with Gasteiger partial charge in [-0.15, -0.1) is 0 Å². The molecule has 0 saturated heterocycles. The normalized spacial score (nSPS) is 11.3. The molecule has 8 aromatic carbocycles. The van der Waals surface area contributed by atoms with E-state index in [1.807, 2.05) is 42.5 Å². The minimum atomic E-state index is 0.669. The maximum Gasteiger partial charge on any atom is 0.162 e. The fraction of sp³-hybridized carbons (Fsp3) is 0. The lowest BCUT2D eigenvalue weighted by atomic mass is 9.94. The molecular formula is C57H37N3O. The van der Waals surface area contributed by atoms with E-state index in [2.05, 4.69) is 182 Å². The molecule has 286 valence electrons. The van der Waals surface area contributed by atoms with E-state index in [1.165, 1.54) is 11.1 Å². The average molecular weight is 780 g/mol. The summed E-state index contributed by atoms with van der Waals surface area (Å²) in [5, 5.41) is 2.09. The second-order valence-electron chi connectivity index (χ2n) is 15.1. The highest BCUT2D eigenvalue weighted by Crippen LogP contribution is 2.46. The Hall–Kier alpha value is -8.21. The summed E-state index contributed by atoms with van der Waals surface area (Å²) < 4.78 is 6.97. The minimum Gasteiger partial charge on any atom is -0.453 e. The molecule has 0 aliphatic rings. The monoisotopic (exact) mass is 779 g/mol. The van der Waals surface area contributed by atoms with Crippen LogP contribution in [0.1, 0.15) is 0 Å². The van der Waals surface area contributed by atoms with Crippen molar-refractivity contribution in [2.75, 3.05) is 0 Å². The van der Waals surface area contributed by atoms with Gasteiger partial charge in [0.2, 0.25) is 0 Å². The molecule has 4 nitrogen and oxygen atoms in total. The molecule has 0 N–H and O–H groups in total. The van der Waals surface area contributed by atoms with E-state index in [0.29, 0.717) is 5.82 Å². The molecule has 0 saturated carbocycles. The van der Waals surface area contributed by atoms with E-state index in [0.717, 1.165) is 94.8 Å². The van der Waals surface area contributed by atoms with Gasteiger partial charge in [0.15, 0.2) is 11.4 Å². The Labute approximate surface area is 354 Å². The Balaban J connectivity index is 1.05. The van der Waals surface area contributed by atoms with Gasteiger partial charge >= 0.3 is 0 Å². The van der Waals surface area contributed by atoms with Crippen molar-refractivity contribution in [1.29, 1.82) is 0 Å². The molecule has 0 bridgehead atoms. The summed E-state index contributed by atoms with van der Waals surface area (Å²) in [5.41, 5.74) is 15.9. The first kappa shape index (κ1) is 35.9. The summed E-state index contributed by atoms with van der Waals surface area (Å²) in [6.45, 7) is 0. The Kier molecular flexibility index (Phi) is 9.14. The number of hydrogen-bond donors (Lipinski definition) is 0. The summed E-state index contributed by atoms with van der Waals surface area (Å²) in [4.78, 5) is 15.6. The van der Waals surface area contributed by atoms with Crippen LogP contribution in [0.3, 0.4) is 0 Å². The molecule has 0 fully saturated rings. The van der Waals surface area contributed by atoms with Crippen molar-refractivity contribution < 1.29 is 4.42 Å². The van der Waals surface area contributed by atoms with Crippen LogP contribution >= 0.6 is 0 Å². The van der Waals surface area contributed by atoms with Gasteiger partial charge in [0.05, 0.1) is 16.9 Å². The van der Waals surface area contributed by atoms with Crippen LogP contribution in [0.5, 0.6) is 0 Å². The van der Waals surface area contributed by atoms with Crippen molar-refractivity contribution >= 4 is 21.9 Å². The van der Waals surface area contributed by atoms with Crippen molar-refractivity contribution in [1.82, 2.24) is 15.0 Å². The Morgan fingerprint density at radius 1 is 0.311 bits per heavy atom. The second-order valence-corrected chi connectivity index (χ2v) is 15.1. The van der Waals surface area contributed by atoms with Gasteiger partial charge in [0, 0.05) is 44.2 Å². The molecule has 0 aliphatic heterocycles. The van der Waals surface area contributed by atoms with Crippen LogP contribution in [0.25, 0.3) is 112 Å². The van der Waals surface area contributed by atoms with Gasteiger partial charge in [-0.1, -0.05) is 212 Å². The number of pyridine rings is 1. The van der Waals surface area contributed by atoms with E-state index >= 15 is 0 Å². The van der Waals surface area contributed by atoms with Crippen LogP contribution in [-0.2, 0) is 0 Å². The van der Waals surface area contributed by atoms with Crippen LogP contribution < -0.4 is 0 Å². The van der Waals surface area contributed by atoms with E-state index < -0.39 is 0 Å². The SMILES string of the molecule is c1ccc(-c2ccc(-c3cc(-c4ccc(-c5c(-c6ccccc6)oc6c(-c7ccccc7)nc7ccccc7c56)cc4)nc(-c4ccc(-c5ccccc5)cc4)n3)cc2)cc1. The maximum atomic E-state index is 6.97. The van der Waals surface area contributed by atoms with Crippen molar-refractivity contribution in [3.63, 3.8) is 0 Å². The second kappa shape index (κ2) is 15.5. The molecule has 4 heteroatoms. The van der Waals surface area contributed by atoms with Crippen molar-refractivity contribution in [2.45, 2.75) is 0 Å². The van der Waals surface area contributed by atoms with Crippen LogP contribution in [0.4, 0.5) is 0 Å². The van der Waals surface area contributed by atoms with Gasteiger partial charge in [0.1, 0.15) is 11.5 Å². The first-order valence-corrected chi connectivity index (χ1v) is 20.5. The third-order valence-electron chi connectivity index (χ3n) is 11.3. The summed E-state index contributed by atoms with van der Waals surface area (Å²) in [6.07, 6.45) is 0. The molecule has 11 aromatic rings. The van der Waals surface area contributed by atoms with Gasteiger partial charge in [-0.05, 0) is 39.9 Å². The quantitative estimate of drug-likeness (QED) is 0.154. The van der Waals surface area contributed by atoms with Crippen molar-refractivity contribution in [3.05, 3.63) is 224 Å². The number of fused-ring (bicyclic) bond motifs is 3. The van der Waals surface area contributed by atoms with Gasteiger partial charge in [-0.3, -0.25) is 0 Å². The molecular weight excluding hydrogens is 743 g/mol. The Morgan fingerprint density at radius 3 is 1.26 bits per heavy atom. The lowest BCUT2D eigenvalue weighted by Crippen LogP contribution is -1.96. The van der Waals surface area contributed by atoms with Crippen LogP contribution in [0.15, 0.2) is 229 Å². The smallest absolute Gasteiger partial charge is 0.162 e. The Morgan fingerprint density at radius 2 is 0.721 bits per heavy atom. The fourth-order valence-corrected chi connectivity index (χ4v) is 8.25. The summed E-state index contributed by atoms with van der Waals surface area (Å²) in [6, 6.07) is 77.8. The van der Waals surface area contributed by atoms with Crippen molar-refractivity contribution in [3.8, 4) is 89.9 Å². The van der Waals surface area contributed by atoms with E-state index in [-0.39, 0.29) is 0 Å². The molecule has 0 unspecified atom stereocenters. The zero-order chi connectivity index (χ0) is 40.5. The summed E-state index contributed by atoms with van der Waals surface area (Å²) >= 11 is 0. The number of hydrogen-bond acceptors (Lipinski definition) is 4. The zero-order valence-electron chi connectivity index (χ0n) is 33.1. The van der Waals surface area contributed by atoms with Gasteiger partial charge < -0.3 is 4.42 Å². The first-order chi connectivity index (χ1) is 30.2. The molecule has 3 heterocycles. The molecule has 0 radical (unpaired) electrons. The number of nitrogens with zero attached hydrogens (tertiary/aromatic N) is 3. The van der Waals surface area contributed by atoms with E-state index in [4.69, 9.17) is 19.4 Å². The molecule has 0 amide bonds. The molecule has 0 aliphatic carbocycles. The fourth-order valence-electron chi connectivity index (χ4n) is 8.25. The van der Waals surface area contributed by atoms with E-state index in [1.54, 1.807) is 0 Å². The lowest BCUT2D eigenvalue weighted by Gasteiger charge is -2.12. The standard InChI is InChI=1S/C57H37N3O/c1-5-15-38(16-6-1)40-25-29-42(30-26-40)50-37-51(60-57(59-50)47-35-27-41(28-36-47)39-17-7-2-8-18-39)43-31-33-44(34-32-43)52-53-48-23-13-14-24-49(48)58-54(45-19-9-3-10-20-45)56(53)61-55(52)46-21-11-4-12-22-46/h1-37H. The number of aromatic nitrogens is 3.